The predicted octanol–water partition coefficient (Wildman–Crippen LogP) is 2.62. The molecule has 2 aromatic rings. The minimum absolute atomic E-state index is 0.0144. The quantitative estimate of drug-likeness (QED) is 0.805. The number of methoxy groups -OCH3 is 1. The van der Waals surface area contributed by atoms with Crippen molar-refractivity contribution >= 4 is 11.8 Å². The third-order valence-electron chi connectivity index (χ3n) is 3.57. The summed E-state index contributed by atoms with van der Waals surface area (Å²) >= 11 is 0. The molecule has 4 nitrogen and oxygen atoms in total. The number of ketones is 1. The fraction of sp³-hybridized carbons (Fsp3) is 0.176. The Kier molecular flexibility index (Phi) is 4.64. The Morgan fingerprint density at radius 1 is 1.04 bits per heavy atom. The molecule has 2 aromatic carbocycles. The van der Waals surface area contributed by atoms with Crippen LogP contribution in [-0.2, 0) is 6.18 Å². The molecule has 0 aliphatic carbocycles. The molecular weight excluding hydrogens is 325 g/mol. The highest BCUT2D eigenvalue weighted by atomic mass is 19.4. The Morgan fingerprint density at radius 2 is 1.62 bits per heavy atom. The van der Waals surface area contributed by atoms with E-state index in [4.69, 9.17) is 4.74 Å². The summed E-state index contributed by atoms with van der Waals surface area (Å²) < 4.78 is 42.6. The van der Waals surface area contributed by atoms with Crippen LogP contribution in [0.1, 0.15) is 37.4 Å². The predicted molar refractivity (Wildman–Crippen MR) is 76.9 cm³/mol. The lowest BCUT2D eigenvalue weighted by Gasteiger charge is -2.15. The number of alkyl halides is 3. The molecule has 0 saturated carbocycles. The van der Waals surface area contributed by atoms with Gasteiger partial charge in [0.2, 0.25) is 0 Å². The lowest BCUT2D eigenvalue weighted by atomic mass is 9.94. The van der Waals surface area contributed by atoms with Crippen LogP contribution in [0.4, 0.5) is 13.2 Å². The number of hydrogen-bond acceptors (Lipinski definition) is 4. The number of ether oxygens (including phenoxy) is 1. The molecule has 0 spiro atoms. The van der Waals surface area contributed by atoms with Gasteiger partial charge < -0.3 is 14.6 Å². The zero-order chi connectivity index (χ0) is 18.1. The highest BCUT2D eigenvalue weighted by Crippen LogP contribution is 2.30. The Labute approximate surface area is 135 Å². The topological polar surface area (TPSA) is 66.4 Å². The molecule has 2 rings (SSSR count). The van der Waals surface area contributed by atoms with Crippen molar-refractivity contribution in [2.45, 2.75) is 13.1 Å². The first kappa shape index (κ1) is 17.5. The monoisotopic (exact) mass is 337 g/mol. The number of aromatic carboxylic acids is 1. The van der Waals surface area contributed by atoms with Gasteiger partial charge in [0.15, 0.2) is 5.78 Å². The van der Waals surface area contributed by atoms with Gasteiger partial charge in [0, 0.05) is 16.7 Å². The maximum atomic E-state index is 12.6. The molecule has 24 heavy (non-hydrogen) atoms. The number of carbonyl (C=O) groups is 2. The normalized spacial score (nSPS) is 11.2. The van der Waals surface area contributed by atoms with Gasteiger partial charge in [0.05, 0.1) is 18.6 Å². The Morgan fingerprint density at radius 3 is 2.08 bits per heavy atom. The molecule has 0 amide bonds. The highest BCUT2D eigenvalue weighted by molar-refractivity contribution is 6.11. The van der Waals surface area contributed by atoms with Crippen LogP contribution in [0.25, 0.3) is 0 Å². The second kappa shape index (κ2) is 6.35. The van der Waals surface area contributed by atoms with E-state index in [0.29, 0.717) is 0 Å². The van der Waals surface area contributed by atoms with E-state index in [-0.39, 0.29) is 28.0 Å². The smallest absolute Gasteiger partial charge is 0.416 e. The fourth-order valence-corrected chi connectivity index (χ4v) is 2.32. The summed E-state index contributed by atoms with van der Waals surface area (Å²) in [4.78, 5) is 23.7. The molecule has 126 valence electrons. The van der Waals surface area contributed by atoms with Gasteiger partial charge in [0.1, 0.15) is 5.75 Å². The molecule has 0 aliphatic heterocycles. The molecule has 0 bridgehead atoms. The average Bonchev–Trinajstić information content (AvgIpc) is 2.52. The summed E-state index contributed by atoms with van der Waals surface area (Å²) in [6.07, 6.45) is -4.50. The van der Waals surface area contributed by atoms with Gasteiger partial charge in [0.25, 0.3) is 0 Å². The molecular formula is C17H12F3O4-. The summed E-state index contributed by atoms with van der Waals surface area (Å²) in [5, 5.41) is 11.2. The number of halogens is 3. The first-order valence-corrected chi connectivity index (χ1v) is 6.77. The van der Waals surface area contributed by atoms with Crippen LogP contribution >= 0.6 is 0 Å². The minimum Gasteiger partial charge on any atom is -0.545 e. The average molecular weight is 337 g/mol. The van der Waals surface area contributed by atoms with Gasteiger partial charge in [-0.25, -0.2) is 0 Å². The van der Waals surface area contributed by atoms with Gasteiger partial charge in [-0.1, -0.05) is 12.1 Å². The van der Waals surface area contributed by atoms with Crippen LogP contribution in [0.15, 0.2) is 36.4 Å². The minimum atomic E-state index is -4.50. The first-order chi connectivity index (χ1) is 11.2. The second-order valence-corrected chi connectivity index (χ2v) is 5.01. The van der Waals surface area contributed by atoms with Crippen LogP contribution in [0.5, 0.6) is 5.75 Å². The van der Waals surface area contributed by atoms with E-state index in [2.05, 4.69) is 0 Å². The van der Waals surface area contributed by atoms with Crippen molar-refractivity contribution in [3.63, 3.8) is 0 Å². The van der Waals surface area contributed by atoms with Crippen molar-refractivity contribution in [1.82, 2.24) is 0 Å². The lowest BCUT2D eigenvalue weighted by molar-refractivity contribution is -0.255. The van der Waals surface area contributed by atoms with E-state index in [1.165, 1.54) is 26.2 Å². The van der Waals surface area contributed by atoms with E-state index in [9.17, 15) is 27.9 Å². The van der Waals surface area contributed by atoms with Crippen LogP contribution in [-0.4, -0.2) is 18.9 Å². The Hall–Kier alpha value is -2.83. The lowest BCUT2D eigenvalue weighted by Crippen LogP contribution is -2.25. The van der Waals surface area contributed by atoms with E-state index in [1.54, 1.807) is 0 Å². The first-order valence-electron chi connectivity index (χ1n) is 6.77. The Balaban J connectivity index is 2.47. The zero-order valence-corrected chi connectivity index (χ0v) is 12.7. The van der Waals surface area contributed by atoms with E-state index in [1.807, 2.05) is 0 Å². The van der Waals surface area contributed by atoms with Crippen molar-refractivity contribution in [2.24, 2.45) is 0 Å². The number of benzene rings is 2. The standard InChI is InChI=1S/C17H13F3O4/c1-9-12(7-8-13(24-2)14(9)16(22)23)15(21)10-3-5-11(6-4-10)17(18,19)20/h3-8H,1-2H3,(H,22,23)/p-1. The highest BCUT2D eigenvalue weighted by Gasteiger charge is 2.30. The van der Waals surface area contributed by atoms with Crippen molar-refractivity contribution in [2.75, 3.05) is 7.11 Å². The molecule has 0 fully saturated rings. The van der Waals surface area contributed by atoms with E-state index in [0.717, 1.165) is 24.3 Å². The zero-order valence-electron chi connectivity index (χ0n) is 12.7. The third kappa shape index (κ3) is 3.24. The molecule has 0 aliphatic rings. The van der Waals surface area contributed by atoms with E-state index >= 15 is 0 Å². The molecule has 0 radical (unpaired) electrons. The van der Waals surface area contributed by atoms with Crippen molar-refractivity contribution in [3.8, 4) is 5.75 Å². The summed E-state index contributed by atoms with van der Waals surface area (Å²) in [5.41, 5.74) is -0.953. The molecule has 0 N–H and O–H groups in total. The van der Waals surface area contributed by atoms with Crippen LogP contribution < -0.4 is 9.84 Å². The second-order valence-electron chi connectivity index (χ2n) is 5.01. The summed E-state index contributed by atoms with van der Waals surface area (Å²) in [7, 11) is 1.28. The summed E-state index contributed by atoms with van der Waals surface area (Å²) in [6, 6.07) is 6.36. The van der Waals surface area contributed by atoms with Gasteiger partial charge >= 0.3 is 6.18 Å². The molecule has 0 heterocycles. The van der Waals surface area contributed by atoms with Crippen LogP contribution in [0, 0.1) is 6.92 Å². The Bertz CT molecular complexity index is 793. The summed E-state index contributed by atoms with van der Waals surface area (Å²) in [5.74, 6) is -2.06. The summed E-state index contributed by atoms with van der Waals surface area (Å²) in [6.45, 7) is 1.41. The molecule has 0 saturated heterocycles. The number of rotatable bonds is 4. The number of carbonyl (C=O) groups excluding carboxylic acids is 2. The largest absolute Gasteiger partial charge is 0.545 e. The third-order valence-corrected chi connectivity index (χ3v) is 3.57. The van der Waals surface area contributed by atoms with Gasteiger partial charge in [-0.15, -0.1) is 0 Å². The molecule has 7 heteroatoms. The fourth-order valence-electron chi connectivity index (χ4n) is 2.32. The number of carboxylic acids is 1. The number of carboxylic acid groups (broad SMARTS) is 1. The van der Waals surface area contributed by atoms with Crippen molar-refractivity contribution < 1.29 is 32.6 Å². The van der Waals surface area contributed by atoms with Crippen molar-refractivity contribution in [1.29, 1.82) is 0 Å². The van der Waals surface area contributed by atoms with Gasteiger partial charge in [-0.2, -0.15) is 13.2 Å². The molecule has 0 atom stereocenters. The van der Waals surface area contributed by atoms with Gasteiger partial charge in [-0.05, 0) is 36.8 Å². The molecule has 0 unspecified atom stereocenters. The molecule has 0 aromatic heterocycles. The van der Waals surface area contributed by atoms with Crippen LogP contribution in [0.3, 0.4) is 0 Å². The van der Waals surface area contributed by atoms with Crippen molar-refractivity contribution in [3.05, 3.63) is 64.2 Å². The van der Waals surface area contributed by atoms with E-state index < -0.39 is 23.5 Å². The maximum Gasteiger partial charge on any atom is 0.416 e. The van der Waals surface area contributed by atoms with Crippen LogP contribution in [0.2, 0.25) is 0 Å². The SMILES string of the molecule is COc1ccc(C(=O)c2ccc(C(F)(F)F)cc2)c(C)c1C(=O)[O-]. The number of hydrogen-bond donors (Lipinski definition) is 0. The van der Waals surface area contributed by atoms with Gasteiger partial charge in [-0.3, -0.25) is 4.79 Å². The maximum absolute atomic E-state index is 12.6.